The normalized spacial score (nSPS) is 15.9. The first-order chi connectivity index (χ1) is 8.11. The molecule has 1 aliphatic carbocycles. The zero-order chi connectivity index (χ0) is 12.7. The van der Waals surface area contributed by atoms with E-state index in [1.807, 2.05) is 0 Å². The molecule has 0 spiro atoms. The highest BCUT2D eigenvalue weighted by atomic mass is 16.4. The summed E-state index contributed by atoms with van der Waals surface area (Å²) < 4.78 is 0. The molecule has 1 aromatic rings. The van der Waals surface area contributed by atoms with Crippen LogP contribution in [0.25, 0.3) is 0 Å². The molecule has 0 radical (unpaired) electrons. The van der Waals surface area contributed by atoms with Crippen molar-refractivity contribution in [2.24, 2.45) is 5.92 Å². The summed E-state index contributed by atoms with van der Waals surface area (Å²) >= 11 is 0. The van der Waals surface area contributed by atoms with Crippen LogP contribution in [-0.2, 0) is 4.79 Å². The SMILES string of the molecule is Cc1ccccc1C.O=C(O)C1CCCCC1. The highest BCUT2D eigenvalue weighted by molar-refractivity contribution is 5.69. The Labute approximate surface area is 104 Å². The number of carbonyl (C=O) groups is 1. The maximum atomic E-state index is 10.4. The van der Waals surface area contributed by atoms with Crippen LogP contribution in [0.4, 0.5) is 0 Å². The lowest BCUT2D eigenvalue weighted by Gasteiger charge is -2.16. The molecule has 0 bridgehead atoms. The molecule has 2 heteroatoms. The molecule has 1 aromatic carbocycles. The van der Waals surface area contributed by atoms with E-state index >= 15 is 0 Å². The molecule has 1 N–H and O–H groups in total. The summed E-state index contributed by atoms with van der Waals surface area (Å²) in [6, 6.07) is 8.36. The Hall–Kier alpha value is -1.31. The zero-order valence-corrected chi connectivity index (χ0v) is 10.8. The largest absolute Gasteiger partial charge is 0.481 e. The second-order valence-electron chi connectivity index (χ2n) is 4.76. The maximum absolute atomic E-state index is 10.4. The lowest BCUT2D eigenvalue weighted by atomic mass is 9.90. The lowest BCUT2D eigenvalue weighted by molar-refractivity contribution is -0.142. The van der Waals surface area contributed by atoms with Gasteiger partial charge in [-0.3, -0.25) is 4.79 Å². The zero-order valence-electron chi connectivity index (χ0n) is 10.8. The van der Waals surface area contributed by atoms with Gasteiger partial charge in [-0.05, 0) is 37.8 Å². The van der Waals surface area contributed by atoms with E-state index < -0.39 is 5.97 Å². The third-order valence-corrected chi connectivity index (χ3v) is 3.38. The molecule has 0 aromatic heterocycles. The number of hydrogen-bond donors (Lipinski definition) is 1. The Bertz CT molecular complexity index is 331. The molecule has 94 valence electrons. The van der Waals surface area contributed by atoms with Crippen LogP contribution in [0.1, 0.15) is 43.2 Å². The first-order valence-electron chi connectivity index (χ1n) is 6.36. The highest BCUT2D eigenvalue weighted by Gasteiger charge is 2.19. The first kappa shape index (κ1) is 13.8. The van der Waals surface area contributed by atoms with Gasteiger partial charge in [0.1, 0.15) is 0 Å². The van der Waals surface area contributed by atoms with Crippen molar-refractivity contribution in [2.45, 2.75) is 46.0 Å². The van der Waals surface area contributed by atoms with E-state index in [9.17, 15) is 4.79 Å². The van der Waals surface area contributed by atoms with Crippen LogP contribution in [0.15, 0.2) is 24.3 Å². The standard InChI is InChI=1S/C8H10.C7H12O2/c1-7-5-3-4-6-8(7)2;8-7(9)6-4-2-1-3-5-6/h3-6H,1-2H3;6H,1-5H2,(H,8,9). The van der Waals surface area contributed by atoms with Gasteiger partial charge in [-0.15, -0.1) is 0 Å². The molecule has 1 aliphatic rings. The van der Waals surface area contributed by atoms with Crippen molar-refractivity contribution in [3.8, 4) is 0 Å². The number of benzene rings is 1. The van der Waals surface area contributed by atoms with Gasteiger partial charge in [-0.1, -0.05) is 43.5 Å². The monoisotopic (exact) mass is 234 g/mol. The maximum Gasteiger partial charge on any atom is 0.306 e. The number of aryl methyl sites for hydroxylation is 2. The predicted molar refractivity (Wildman–Crippen MR) is 70.1 cm³/mol. The predicted octanol–water partition coefficient (Wildman–Crippen LogP) is 3.95. The molecule has 0 aliphatic heterocycles. The molecule has 1 fully saturated rings. The lowest BCUT2D eigenvalue weighted by Crippen LogP contribution is -2.16. The number of rotatable bonds is 1. The van der Waals surface area contributed by atoms with Crippen LogP contribution < -0.4 is 0 Å². The molecular weight excluding hydrogens is 212 g/mol. The third kappa shape index (κ3) is 5.03. The van der Waals surface area contributed by atoms with Crippen molar-refractivity contribution in [2.75, 3.05) is 0 Å². The van der Waals surface area contributed by atoms with Crippen molar-refractivity contribution in [3.05, 3.63) is 35.4 Å². The highest BCUT2D eigenvalue weighted by Crippen LogP contribution is 2.23. The number of carboxylic acids is 1. The topological polar surface area (TPSA) is 37.3 Å². The van der Waals surface area contributed by atoms with Crippen LogP contribution in [0, 0.1) is 19.8 Å². The van der Waals surface area contributed by atoms with Crippen molar-refractivity contribution in [1.82, 2.24) is 0 Å². The molecule has 0 saturated heterocycles. The van der Waals surface area contributed by atoms with Gasteiger partial charge in [0.15, 0.2) is 0 Å². The smallest absolute Gasteiger partial charge is 0.306 e. The number of aliphatic carboxylic acids is 1. The van der Waals surface area contributed by atoms with E-state index in [1.165, 1.54) is 17.5 Å². The summed E-state index contributed by atoms with van der Waals surface area (Å²) in [6.07, 6.45) is 5.24. The van der Waals surface area contributed by atoms with E-state index in [-0.39, 0.29) is 5.92 Å². The summed E-state index contributed by atoms with van der Waals surface area (Å²) in [6.45, 7) is 4.24. The molecule has 0 atom stereocenters. The first-order valence-corrected chi connectivity index (χ1v) is 6.36. The van der Waals surface area contributed by atoms with Gasteiger partial charge >= 0.3 is 5.97 Å². The average Bonchev–Trinajstić information content (AvgIpc) is 2.35. The summed E-state index contributed by atoms with van der Waals surface area (Å²) in [4.78, 5) is 10.4. The van der Waals surface area contributed by atoms with Crippen molar-refractivity contribution in [3.63, 3.8) is 0 Å². The van der Waals surface area contributed by atoms with E-state index in [0.717, 1.165) is 25.7 Å². The van der Waals surface area contributed by atoms with E-state index in [1.54, 1.807) is 0 Å². The number of carboxylic acid groups (broad SMARTS) is 1. The molecular formula is C15H22O2. The van der Waals surface area contributed by atoms with Gasteiger partial charge in [0.25, 0.3) is 0 Å². The van der Waals surface area contributed by atoms with Crippen LogP contribution in [-0.4, -0.2) is 11.1 Å². The molecule has 2 nitrogen and oxygen atoms in total. The molecule has 1 saturated carbocycles. The van der Waals surface area contributed by atoms with Gasteiger partial charge < -0.3 is 5.11 Å². The molecule has 0 unspecified atom stereocenters. The third-order valence-electron chi connectivity index (χ3n) is 3.38. The molecule has 2 rings (SSSR count). The molecule has 0 amide bonds. The summed E-state index contributed by atoms with van der Waals surface area (Å²) in [7, 11) is 0. The van der Waals surface area contributed by atoms with Crippen LogP contribution in [0.2, 0.25) is 0 Å². The fourth-order valence-corrected chi connectivity index (χ4v) is 2.01. The second kappa shape index (κ2) is 7.10. The van der Waals surface area contributed by atoms with Crippen LogP contribution in [0.3, 0.4) is 0 Å². The van der Waals surface area contributed by atoms with Gasteiger partial charge in [-0.25, -0.2) is 0 Å². The van der Waals surface area contributed by atoms with Gasteiger partial charge in [0.05, 0.1) is 5.92 Å². The Morgan fingerprint density at radius 1 is 1.06 bits per heavy atom. The van der Waals surface area contributed by atoms with Gasteiger partial charge in [-0.2, -0.15) is 0 Å². The fraction of sp³-hybridized carbons (Fsp3) is 0.533. The minimum Gasteiger partial charge on any atom is -0.481 e. The van der Waals surface area contributed by atoms with Crippen LogP contribution in [0.5, 0.6) is 0 Å². The summed E-state index contributed by atoms with van der Waals surface area (Å²) in [5.41, 5.74) is 2.74. The molecule has 0 heterocycles. The summed E-state index contributed by atoms with van der Waals surface area (Å²) in [5.74, 6) is -0.631. The summed E-state index contributed by atoms with van der Waals surface area (Å²) in [5, 5.41) is 8.54. The van der Waals surface area contributed by atoms with Gasteiger partial charge in [0.2, 0.25) is 0 Å². The van der Waals surface area contributed by atoms with E-state index in [4.69, 9.17) is 5.11 Å². The van der Waals surface area contributed by atoms with Gasteiger partial charge in [0, 0.05) is 0 Å². The fourth-order valence-electron chi connectivity index (χ4n) is 2.01. The Morgan fingerprint density at radius 3 is 1.82 bits per heavy atom. The van der Waals surface area contributed by atoms with E-state index in [2.05, 4.69) is 38.1 Å². The number of hydrogen-bond acceptors (Lipinski definition) is 1. The Morgan fingerprint density at radius 2 is 1.53 bits per heavy atom. The van der Waals surface area contributed by atoms with Crippen molar-refractivity contribution < 1.29 is 9.90 Å². The van der Waals surface area contributed by atoms with Crippen LogP contribution >= 0.6 is 0 Å². The van der Waals surface area contributed by atoms with E-state index in [0.29, 0.717) is 0 Å². The Kier molecular flexibility index (Phi) is 5.75. The average molecular weight is 234 g/mol. The minimum atomic E-state index is -0.602. The van der Waals surface area contributed by atoms with Crippen molar-refractivity contribution >= 4 is 5.97 Å². The van der Waals surface area contributed by atoms with Crippen molar-refractivity contribution in [1.29, 1.82) is 0 Å². The minimum absolute atomic E-state index is 0.0289. The second-order valence-corrected chi connectivity index (χ2v) is 4.76. The molecule has 17 heavy (non-hydrogen) atoms. The quantitative estimate of drug-likeness (QED) is 0.798. The Balaban J connectivity index is 0.000000171.